The Bertz CT molecular complexity index is 434. The molecule has 0 saturated heterocycles. The summed E-state index contributed by atoms with van der Waals surface area (Å²) in [6.45, 7) is 2.27. The molecule has 2 rings (SSSR count). The summed E-state index contributed by atoms with van der Waals surface area (Å²) in [6.07, 6.45) is 6.00. The molecule has 0 unspecified atom stereocenters. The van der Waals surface area contributed by atoms with Crippen LogP contribution in [0.1, 0.15) is 50.8 Å². The van der Waals surface area contributed by atoms with Crippen LogP contribution in [-0.4, -0.2) is 43.4 Å². The van der Waals surface area contributed by atoms with Crippen LogP contribution in [0, 0.1) is 6.92 Å². The monoisotopic (exact) mass is 281 g/mol. The van der Waals surface area contributed by atoms with E-state index in [0.29, 0.717) is 18.8 Å². The van der Waals surface area contributed by atoms with Crippen molar-refractivity contribution < 1.29 is 9.90 Å². The van der Waals surface area contributed by atoms with E-state index in [1.807, 2.05) is 0 Å². The van der Waals surface area contributed by atoms with Gasteiger partial charge in [-0.05, 0) is 30.2 Å². The van der Waals surface area contributed by atoms with Crippen molar-refractivity contribution in [3.05, 3.63) is 5.82 Å². The van der Waals surface area contributed by atoms with E-state index in [-0.39, 0.29) is 11.9 Å². The van der Waals surface area contributed by atoms with Crippen LogP contribution < -0.4 is 5.32 Å². The summed E-state index contributed by atoms with van der Waals surface area (Å²) >= 11 is 0. The van der Waals surface area contributed by atoms with Gasteiger partial charge in [0.25, 0.3) is 0 Å². The first-order valence-corrected chi connectivity index (χ1v) is 7.37. The molecule has 1 fully saturated rings. The van der Waals surface area contributed by atoms with Crippen molar-refractivity contribution in [1.29, 1.82) is 0 Å². The molecule has 0 aromatic carbocycles. The van der Waals surface area contributed by atoms with Gasteiger partial charge in [-0.1, -0.05) is 25.7 Å². The van der Waals surface area contributed by atoms with Crippen molar-refractivity contribution in [2.24, 2.45) is 0 Å². The van der Waals surface area contributed by atoms with Crippen LogP contribution in [0.5, 0.6) is 0 Å². The predicted octanol–water partition coefficient (Wildman–Crippen LogP) is 0.572. The van der Waals surface area contributed by atoms with Gasteiger partial charge >= 0.3 is 0 Å². The minimum absolute atomic E-state index is 0.0514. The molecule has 1 aliphatic rings. The van der Waals surface area contributed by atoms with Crippen LogP contribution in [0.15, 0.2) is 0 Å². The fourth-order valence-electron chi connectivity index (χ4n) is 2.58. The highest BCUT2D eigenvalue weighted by atomic mass is 16.3. The number of aliphatic hydroxyl groups is 1. The molecule has 112 valence electrons. The van der Waals surface area contributed by atoms with Crippen molar-refractivity contribution in [1.82, 2.24) is 25.5 Å². The molecule has 0 spiro atoms. The lowest BCUT2D eigenvalue weighted by molar-refractivity contribution is -0.123. The average molecular weight is 281 g/mol. The molecule has 2 N–H and O–H groups in total. The second-order valence-corrected chi connectivity index (χ2v) is 5.43. The summed E-state index contributed by atoms with van der Waals surface area (Å²) in [7, 11) is 0. The SMILES string of the molecule is Cc1nnnn1CCC(=O)N[C@H]1CCCCCC[C@@H]1O. The minimum Gasteiger partial charge on any atom is -0.391 e. The van der Waals surface area contributed by atoms with Gasteiger partial charge in [-0.3, -0.25) is 4.79 Å². The molecule has 1 saturated carbocycles. The normalized spacial score (nSPS) is 23.9. The molecule has 20 heavy (non-hydrogen) atoms. The highest BCUT2D eigenvalue weighted by Crippen LogP contribution is 2.17. The topological polar surface area (TPSA) is 92.9 Å². The Hall–Kier alpha value is -1.50. The average Bonchev–Trinajstić information content (AvgIpc) is 2.82. The van der Waals surface area contributed by atoms with E-state index in [4.69, 9.17) is 0 Å². The third kappa shape index (κ3) is 4.26. The number of hydrogen-bond donors (Lipinski definition) is 2. The van der Waals surface area contributed by atoms with Crippen molar-refractivity contribution in [2.75, 3.05) is 0 Å². The van der Waals surface area contributed by atoms with Crippen LogP contribution in [0.4, 0.5) is 0 Å². The van der Waals surface area contributed by atoms with Gasteiger partial charge in [0, 0.05) is 6.42 Å². The Morgan fingerprint density at radius 2 is 2.10 bits per heavy atom. The molecule has 2 atom stereocenters. The molecule has 7 nitrogen and oxygen atoms in total. The number of aliphatic hydroxyl groups excluding tert-OH is 1. The second kappa shape index (κ2) is 7.33. The lowest BCUT2D eigenvalue weighted by Gasteiger charge is -2.26. The molecule has 1 aromatic rings. The molecule has 7 heteroatoms. The van der Waals surface area contributed by atoms with Gasteiger partial charge in [-0.15, -0.1) is 5.10 Å². The van der Waals surface area contributed by atoms with E-state index in [1.165, 1.54) is 12.8 Å². The maximum atomic E-state index is 12.0. The van der Waals surface area contributed by atoms with Crippen molar-refractivity contribution in [3.8, 4) is 0 Å². The Morgan fingerprint density at radius 3 is 2.80 bits per heavy atom. The third-order valence-electron chi connectivity index (χ3n) is 3.84. The maximum absolute atomic E-state index is 12.0. The van der Waals surface area contributed by atoms with Crippen LogP contribution in [0.3, 0.4) is 0 Å². The van der Waals surface area contributed by atoms with Crippen LogP contribution in [0.2, 0.25) is 0 Å². The molecular weight excluding hydrogens is 258 g/mol. The molecule has 1 aliphatic carbocycles. The Morgan fingerprint density at radius 1 is 1.35 bits per heavy atom. The van der Waals surface area contributed by atoms with E-state index in [2.05, 4.69) is 20.8 Å². The lowest BCUT2D eigenvalue weighted by atomic mass is 9.94. The Labute approximate surface area is 118 Å². The molecule has 1 aromatic heterocycles. The fraction of sp³-hybridized carbons (Fsp3) is 0.846. The summed E-state index contributed by atoms with van der Waals surface area (Å²) in [4.78, 5) is 12.0. The van der Waals surface area contributed by atoms with Crippen LogP contribution in [-0.2, 0) is 11.3 Å². The smallest absolute Gasteiger partial charge is 0.222 e. The molecule has 0 bridgehead atoms. The van der Waals surface area contributed by atoms with Gasteiger partial charge in [0.05, 0.1) is 18.7 Å². The van der Waals surface area contributed by atoms with Gasteiger partial charge in [-0.2, -0.15) is 0 Å². The number of carbonyl (C=O) groups is 1. The number of rotatable bonds is 4. The van der Waals surface area contributed by atoms with Gasteiger partial charge in [0.15, 0.2) is 0 Å². The van der Waals surface area contributed by atoms with Crippen molar-refractivity contribution in [3.63, 3.8) is 0 Å². The van der Waals surface area contributed by atoms with Gasteiger partial charge < -0.3 is 10.4 Å². The number of aryl methyl sites for hydroxylation is 2. The van der Waals surface area contributed by atoms with Gasteiger partial charge in [0.2, 0.25) is 5.91 Å². The fourth-order valence-corrected chi connectivity index (χ4v) is 2.58. The van der Waals surface area contributed by atoms with Gasteiger partial charge in [-0.25, -0.2) is 4.68 Å². The minimum atomic E-state index is -0.422. The number of nitrogens with zero attached hydrogens (tertiary/aromatic N) is 4. The van der Waals surface area contributed by atoms with Crippen molar-refractivity contribution >= 4 is 5.91 Å². The molecule has 1 amide bonds. The standard InChI is InChI=1S/C13H23N5O2/c1-10-15-16-17-18(10)9-8-13(20)14-11-6-4-2-3-5-7-12(11)19/h11-12,19H,2-9H2,1H3,(H,14,20)/t11-,12-/m0/s1. The van der Waals surface area contributed by atoms with Crippen LogP contribution in [0.25, 0.3) is 0 Å². The Balaban J connectivity index is 1.79. The summed E-state index contributed by atoms with van der Waals surface area (Å²) in [6, 6.07) is -0.113. The number of amides is 1. The zero-order valence-corrected chi connectivity index (χ0v) is 12.0. The zero-order chi connectivity index (χ0) is 14.4. The summed E-state index contributed by atoms with van der Waals surface area (Å²) in [5, 5.41) is 24.1. The molecule has 1 heterocycles. The number of aromatic nitrogens is 4. The molecule has 0 radical (unpaired) electrons. The van der Waals surface area contributed by atoms with Crippen LogP contribution >= 0.6 is 0 Å². The van der Waals surface area contributed by atoms with E-state index in [0.717, 1.165) is 25.7 Å². The number of carbonyl (C=O) groups excluding carboxylic acids is 1. The largest absolute Gasteiger partial charge is 0.391 e. The Kier molecular flexibility index (Phi) is 5.46. The highest BCUT2D eigenvalue weighted by Gasteiger charge is 2.22. The first-order chi connectivity index (χ1) is 9.66. The number of hydrogen-bond acceptors (Lipinski definition) is 5. The summed E-state index contributed by atoms with van der Waals surface area (Å²) in [5.74, 6) is 0.647. The summed E-state index contributed by atoms with van der Waals surface area (Å²) < 4.78 is 1.61. The quantitative estimate of drug-likeness (QED) is 0.841. The van der Waals surface area contributed by atoms with Gasteiger partial charge in [0.1, 0.15) is 5.82 Å². The zero-order valence-electron chi connectivity index (χ0n) is 12.0. The third-order valence-corrected chi connectivity index (χ3v) is 3.84. The number of nitrogens with one attached hydrogen (secondary N) is 1. The van der Waals surface area contributed by atoms with E-state index >= 15 is 0 Å². The predicted molar refractivity (Wildman–Crippen MR) is 72.8 cm³/mol. The van der Waals surface area contributed by atoms with E-state index < -0.39 is 6.10 Å². The second-order valence-electron chi connectivity index (χ2n) is 5.43. The first kappa shape index (κ1) is 14.9. The van der Waals surface area contributed by atoms with E-state index in [9.17, 15) is 9.90 Å². The molecule has 0 aliphatic heterocycles. The first-order valence-electron chi connectivity index (χ1n) is 7.37. The molecular formula is C13H23N5O2. The maximum Gasteiger partial charge on any atom is 0.222 e. The van der Waals surface area contributed by atoms with Crippen molar-refractivity contribution in [2.45, 2.75) is 70.6 Å². The lowest BCUT2D eigenvalue weighted by Crippen LogP contribution is -2.44. The number of tetrazole rings is 1. The highest BCUT2D eigenvalue weighted by molar-refractivity contribution is 5.76. The van der Waals surface area contributed by atoms with E-state index in [1.54, 1.807) is 11.6 Å². The summed E-state index contributed by atoms with van der Waals surface area (Å²) in [5.41, 5.74) is 0.